The molecule has 0 atom stereocenters. The number of hydrogen-bond donors (Lipinski definition) is 1. The molecule has 0 saturated heterocycles. The van der Waals surface area contributed by atoms with E-state index in [9.17, 15) is 4.79 Å². The maximum absolute atomic E-state index is 10.4. The number of methoxy groups -OCH3 is 2. The van der Waals surface area contributed by atoms with E-state index in [4.69, 9.17) is 14.6 Å². The molecule has 0 aromatic rings. The average Bonchev–Trinajstić information content (AvgIpc) is 2.14. The van der Waals surface area contributed by atoms with E-state index in [-0.39, 0.29) is 5.57 Å². The van der Waals surface area contributed by atoms with Crippen LogP contribution in [-0.2, 0) is 14.3 Å². The number of aliphatic carboxylic acids is 1. The molecular weight excluding hydrogens is 186 g/mol. The van der Waals surface area contributed by atoms with Crippen LogP contribution in [0.5, 0.6) is 0 Å². The zero-order valence-electron chi connectivity index (χ0n) is 8.65. The molecule has 0 saturated carbocycles. The standard InChI is InChI=1S/C9H17NO4/c1-8(9(11)12)4-5-10(6-13-2)7-14-3/h1,4-7H2,2-3H3,(H,11,12). The third-order valence-electron chi connectivity index (χ3n) is 1.66. The van der Waals surface area contributed by atoms with Crippen molar-refractivity contribution in [3.8, 4) is 0 Å². The molecule has 0 aromatic carbocycles. The molecule has 5 heteroatoms. The van der Waals surface area contributed by atoms with Crippen LogP contribution in [0.4, 0.5) is 0 Å². The zero-order valence-corrected chi connectivity index (χ0v) is 8.65. The fourth-order valence-electron chi connectivity index (χ4n) is 0.932. The van der Waals surface area contributed by atoms with E-state index < -0.39 is 5.97 Å². The average molecular weight is 203 g/mol. The molecule has 0 aliphatic heterocycles. The summed E-state index contributed by atoms with van der Waals surface area (Å²) in [5.74, 6) is -0.959. The second kappa shape index (κ2) is 7.49. The molecule has 0 aromatic heterocycles. The second-order valence-electron chi connectivity index (χ2n) is 2.89. The Morgan fingerprint density at radius 3 is 2.21 bits per heavy atom. The van der Waals surface area contributed by atoms with E-state index in [0.29, 0.717) is 26.4 Å². The third kappa shape index (κ3) is 5.69. The maximum atomic E-state index is 10.4. The molecule has 0 heterocycles. The maximum Gasteiger partial charge on any atom is 0.331 e. The van der Waals surface area contributed by atoms with Crippen LogP contribution in [0.25, 0.3) is 0 Å². The summed E-state index contributed by atoms with van der Waals surface area (Å²) in [6, 6.07) is 0. The van der Waals surface area contributed by atoms with Gasteiger partial charge in [-0.15, -0.1) is 0 Å². The Labute approximate surface area is 83.9 Å². The van der Waals surface area contributed by atoms with Crippen molar-refractivity contribution in [3.63, 3.8) is 0 Å². The van der Waals surface area contributed by atoms with Crippen molar-refractivity contribution in [1.29, 1.82) is 0 Å². The molecular formula is C9H17NO4. The molecule has 82 valence electrons. The van der Waals surface area contributed by atoms with Crippen LogP contribution < -0.4 is 0 Å². The van der Waals surface area contributed by atoms with Crippen LogP contribution in [0.2, 0.25) is 0 Å². The monoisotopic (exact) mass is 203 g/mol. The molecule has 0 fully saturated rings. The van der Waals surface area contributed by atoms with E-state index in [1.165, 1.54) is 0 Å². The number of carboxylic acid groups (broad SMARTS) is 1. The van der Waals surface area contributed by atoms with Crippen LogP contribution in [-0.4, -0.2) is 50.2 Å². The number of carboxylic acids is 1. The fourth-order valence-corrected chi connectivity index (χ4v) is 0.932. The van der Waals surface area contributed by atoms with Gasteiger partial charge in [0.15, 0.2) is 0 Å². The van der Waals surface area contributed by atoms with Gasteiger partial charge in [0.25, 0.3) is 0 Å². The largest absolute Gasteiger partial charge is 0.478 e. The van der Waals surface area contributed by atoms with Crippen molar-refractivity contribution in [2.45, 2.75) is 6.42 Å². The van der Waals surface area contributed by atoms with E-state index >= 15 is 0 Å². The van der Waals surface area contributed by atoms with Crippen molar-refractivity contribution in [1.82, 2.24) is 4.90 Å². The molecule has 1 N–H and O–H groups in total. The van der Waals surface area contributed by atoms with Crippen LogP contribution in [0.1, 0.15) is 6.42 Å². The van der Waals surface area contributed by atoms with Gasteiger partial charge in [-0.05, 0) is 6.42 Å². The number of carbonyl (C=O) groups is 1. The molecule has 0 bridgehead atoms. The second-order valence-corrected chi connectivity index (χ2v) is 2.89. The number of rotatable bonds is 8. The summed E-state index contributed by atoms with van der Waals surface area (Å²) >= 11 is 0. The Kier molecular flexibility index (Phi) is 7.00. The topological polar surface area (TPSA) is 59.0 Å². The Hall–Kier alpha value is -0.910. The molecule has 0 unspecified atom stereocenters. The lowest BCUT2D eigenvalue weighted by molar-refractivity contribution is -0.132. The number of hydrogen-bond acceptors (Lipinski definition) is 4. The van der Waals surface area contributed by atoms with Crippen LogP contribution in [0, 0.1) is 0 Å². The predicted molar refractivity (Wildman–Crippen MR) is 51.9 cm³/mol. The molecule has 0 amide bonds. The number of nitrogens with zero attached hydrogens (tertiary/aromatic N) is 1. The first-order valence-corrected chi connectivity index (χ1v) is 4.23. The molecule has 5 nitrogen and oxygen atoms in total. The van der Waals surface area contributed by atoms with Crippen LogP contribution >= 0.6 is 0 Å². The van der Waals surface area contributed by atoms with E-state index in [0.717, 1.165) is 0 Å². The summed E-state index contributed by atoms with van der Waals surface area (Å²) in [6.45, 7) is 4.84. The van der Waals surface area contributed by atoms with Crippen LogP contribution in [0.15, 0.2) is 12.2 Å². The van der Waals surface area contributed by atoms with Gasteiger partial charge < -0.3 is 14.6 Å². The summed E-state index contributed by atoms with van der Waals surface area (Å²) in [7, 11) is 3.16. The van der Waals surface area contributed by atoms with E-state index in [1.807, 2.05) is 4.90 Å². The lowest BCUT2D eigenvalue weighted by Gasteiger charge is -2.19. The van der Waals surface area contributed by atoms with Gasteiger partial charge in [0, 0.05) is 26.3 Å². The van der Waals surface area contributed by atoms with Crippen molar-refractivity contribution in [2.24, 2.45) is 0 Å². The Morgan fingerprint density at radius 1 is 1.36 bits per heavy atom. The van der Waals surface area contributed by atoms with Gasteiger partial charge in [0.1, 0.15) is 13.5 Å². The summed E-state index contributed by atoms with van der Waals surface area (Å²) in [4.78, 5) is 12.3. The Morgan fingerprint density at radius 2 is 1.86 bits per heavy atom. The number of ether oxygens (including phenoxy) is 2. The minimum absolute atomic E-state index is 0.196. The van der Waals surface area contributed by atoms with Crippen LogP contribution in [0.3, 0.4) is 0 Å². The summed E-state index contributed by atoms with van der Waals surface area (Å²) in [5, 5.41) is 8.57. The van der Waals surface area contributed by atoms with Gasteiger partial charge in [0.05, 0.1) is 0 Å². The van der Waals surface area contributed by atoms with Gasteiger partial charge in [-0.25, -0.2) is 4.79 Å². The lowest BCUT2D eigenvalue weighted by Crippen LogP contribution is -2.29. The fraction of sp³-hybridized carbons (Fsp3) is 0.667. The predicted octanol–water partition coefficient (Wildman–Crippen LogP) is 0.527. The van der Waals surface area contributed by atoms with E-state index in [2.05, 4.69) is 6.58 Å². The minimum Gasteiger partial charge on any atom is -0.478 e. The van der Waals surface area contributed by atoms with Crippen molar-refractivity contribution in [3.05, 3.63) is 12.2 Å². The van der Waals surface area contributed by atoms with Gasteiger partial charge in [0.2, 0.25) is 0 Å². The minimum atomic E-state index is -0.959. The first kappa shape index (κ1) is 13.1. The van der Waals surface area contributed by atoms with Crippen molar-refractivity contribution < 1.29 is 19.4 Å². The van der Waals surface area contributed by atoms with Gasteiger partial charge in [-0.1, -0.05) is 6.58 Å². The first-order valence-electron chi connectivity index (χ1n) is 4.23. The summed E-state index contributed by atoms with van der Waals surface area (Å²) < 4.78 is 9.84. The van der Waals surface area contributed by atoms with Gasteiger partial charge in [-0.2, -0.15) is 0 Å². The van der Waals surface area contributed by atoms with E-state index in [1.54, 1.807) is 14.2 Å². The van der Waals surface area contributed by atoms with Gasteiger partial charge in [-0.3, -0.25) is 4.90 Å². The molecule has 0 aliphatic carbocycles. The third-order valence-corrected chi connectivity index (χ3v) is 1.66. The van der Waals surface area contributed by atoms with Crippen molar-refractivity contribution in [2.75, 3.05) is 34.2 Å². The Bertz CT molecular complexity index is 187. The SMILES string of the molecule is C=C(CCN(COC)COC)C(=O)O. The smallest absolute Gasteiger partial charge is 0.331 e. The molecule has 0 spiro atoms. The highest BCUT2D eigenvalue weighted by Crippen LogP contribution is 2.01. The zero-order chi connectivity index (χ0) is 11.0. The first-order chi connectivity index (χ1) is 6.61. The van der Waals surface area contributed by atoms with Crippen molar-refractivity contribution >= 4 is 5.97 Å². The quantitative estimate of drug-likeness (QED) is 0.460. The molecule has 0 aliphatic rings. The lowest BCUT2D eigenvalue weighted by atomic mass is 10.2. The summed E-state index contributed by atoms with van der Waals surface area (Å²) in [6.07, 6.45) is 0.405. The molecule has 0 rings (SSSR count). The highest BCUT2D eigenvalue weighted by Gasteiger charge is 2.08. The van der Waals surface area contributed by atoms with Gasteiger partial charge >= 0.3 is 5.97 Å². The highest BCUT2D eigenvalue weighted by atomic mass is 16.5. The normalized spacial score (nSPS) is 10.5. The summed E-state index contributed by atoms with van der Waals surface area (Å²) in [5.41, 5.74) is 0.196. The Balaban J connectivity index is 3.80. The highest BCUT2D eigenvalue weighted by molar-refractivity contribution is 5.85. The molecule has 0 radical (unpaired) electrons. The molecule has 14 heavy (non-hydrogen) atoms.